The van der Waals surface area contributed by atoms with Gasteiger partial charge in [-0.3, -0.25) is 19.3 Å². The van der Waals surface area contributed by atoms with Gasteiger partial charge in [0.15, 0.2) is 0 Å². The van der Waals surface area contributed by atoms with Crippen molar-refractivity contribution >= 4 is 34.9 Å². The van der Waals surface area contributed by atoms with Gasteiger partial charge in [0.2, 0.25) is 0 Å². The number of alkyl halides is 2. The summed E-state index contributed by atoms with van der Waals surface area (Å²) < 4.78 is 28.7. The first-order chi connectivity index (χ1) is 14.3. The van der Waals surface area contributed by atoms with Crippen LogP contribution in [-0.4, -0.2) is 41.7 Å². The molecule has 9 heteroatoms. The summed E-state index contributed by atoms with van der Waals surface area (Å²) in [7, 11) is 0. The molecule has 0 atom stereocenters. The summed E-state index contributed by atoms with van der Waals surface area (Å²) in [6.45, 7) is -0.875. The molecule has 3 amide bonds. The standard InChI is InChI=1S/C21H18F2N2O4S/c1-13-3-2-4-15(11-13)18(26)24-9-10-25-19(27)17(30-21(25)28)12-14-5-7-16(8-6-14)29-20(22)23/h2-8,11-12,20H,9-10H2,1H3,(H,24,26)/b17-12-. The largest absolute Gasteiger partial charge is 0.435 e. The van der Waals surface area contributed by atoms with Crippen molar-refractivity contribution in [2.45, 2.75) is 13.5 Å². The minimum Gasteiger partial charge on any atom is -0.435 e. The monoisotopic (exact) mass is 432 g/mol. The summed E-state index contributed by atoms with van der Waals surface area (Å²) in [6, 6.07) is 12.8. The molecule has 1 N–H and O–H groups in total. The molecule has 0 radical (unpaired) electrons. The SMILES string of the molecule is Cc1cccc(C(=O)NCCN2C(=O)S/C(=C\c3ccc(OC(F)F)cc3)C2=O)c1. The van der Waals surface area contributed by atoms with E-state index in [1.54, 1.807) is 18.2 Å². The van der Waals surface area contributed by atoms with Crippen LogP contribution in [0.2, 0.25) is 0 Å². The molecule has 0 spiro atoms. The van der Waals surface area contributed by atoms with Crippen LogP contribution in [-0.2, 0) is 4.79 Å². The van der Waals surface area contributed by atoms with E-state index in [-0.39, 0.29) is 29.7 Å². The first-order valence-electron chi connectivity index (χ1n) is 8.98. The average molecular weight is 432 g/mol. The molecular weight excluding hydrogens is 414 g/mol. The van der Waals surface area contributed by atoms with Crippen molar-refractivity contribution < 1.29 is 27.9 Å². The molecule has 1 heterocycles. The van der Waals surface area contributed by atoms with E-state index in [1.807, 2.05) is 13.0 Å². The van der Waals surface area contributed by atoms with Gasteiger partial charge < -0.3 is 10.1 Å². The third-order valence-corrected chi connectivity index (χ3v) is 5.09. The van der Waals surface area contributed by atoms with Crippen molar-refractivity contribution in [3.8, 4) is 5.75 Å². The molecule has 0 aromatic heterocycles. The fraction of sp³-hybridized carbons (Fsp3) is 0.190. The number of rotatable bonds is 7. The van der Waals surface area contributed by atoms with Crippen molar-refractivity contribution in [2.24, 2.45) is 0 Å². The van der Waals surface area contributed by atoms with Crippen molar-refractivity contribution in [2.75, 3.05) is 13.1 Å². The van der Waals surface area contributed by atoms with Crippen LogP contribution in [0.1, 0.15) is 21.5 Å². The summed E-state index contributed by atoms with van der Waals surface area (Å²) in [5.41, 5.74) is 2.02. The molecule has 1 saturated heterocycles. The number of thioether (sulfide) groups is 1. The Balaban J connectivity index is 1.58. The molecule has 0 aliphatic carbocycles. The van der Waals surface area contributed by atoms with Gasteiger partial charge in [-0.05, 0) is 54.6 Å². The molecular formula is C21H18F2N2O4S. The second-order valence-corrected chi connectivity index (χ2v) is 7.40. The number of hydrogen-bond acceptors (Lipinski definition) is 5. The Kier molecular flexibility index (Phi) is 6.83. The van der Waals surface area contributed by atoms with Crippen LogP contribution in [0.4, 0.5) is 13.6 Å². The maximum absolute atomic E-state index is 12.5. The highest BCUT2D eigenvalue weighted by atomic mass is 32.2. The molecule has 1 aliphatic heterocycles. The number of carbonyl (C=O) groups is 3. The normalized spacial score (nSPS) is 15.2. The summed E-state index contributed by atoms with van der Waals surface area (Å²) in [5, 5.41) is 2.26. The first-order valence-corrected chi connectivity index (χ1v) is 9.80. The molecule has 30 heavy (non-hydrogen) atoms. The number of nitrogens with zero attached hydrogens (tertiary/aromatic N) is 1. The average Bonchev–Trinajstić information content (AvgIpc) is 2.96. The molecule has 2 aromatic carbocycles. The third-order valence-electron chi connectivity index (χ3n) is 4.18. The van der Waals surface area contributed by atoms with E-state index < -0.39 is 17.8 Å². The summed E-state index contributed by atoms with van der Waals surface area (Å²) in [6.07, 6.45) is 1.50. The van der Waals surface area contributed by atoms with Crippen LogP contribution in [0.3, 0.4) is 0 Å². The number of imide groups is 1. The van der Waals surface area contributed by atoms with E-state index in [0.29, 0.717) is 11.1 Å². The lowest BCUT2D eigenvalue weighted by Crippen LogP contribution is -2.37. The minimum absolute atomic E-state index is 0.000365. The van der Waals surface area contributed by atoms with Crippen molar-refractivity contribution in [3.05, 3.63) is 70.1 Å². The number of nitrogens with one attached hydrogen (secondary N) is 1. The molecule has 0 unspecified atom stereocenters. The number of benzene rings is 2. The van der Waals surface area contributed by atoms with Crippen LogP contribution >= 0.6 is 11.8 Å². The molecule has 0 saturated carbocycles. The van der Waals surface area contributed by atoms with Crippen LogP contribution in [0, 0.1) is 6.92 Å². The van der Waals surface area contributed by atoms with Gasteiger partial charge >= 0.3 is 6.61 Å². The Morgan fingerprint density at radius 3 is 2.60 bits per heavy atom. The predicted octanol–water partition coefficient (Wildman–Crippen LogP) is 4.06. The highest BCUT2D eigenvalue weighted by Gasteiger charge is 2.34. The van der Waals surface area contributed by atoms with Crippen LogP contribution in [0.25, 0.3) is 6.08 Å². The number of ether oxygens (including phenoxy) is 1. The Morgan fingerprint density at radius 1 is 1.20 bits per heavy atom. The Morgan fingerprint density at radius 2 is 1.93 bits per heavy atom. The Hall–Kier alpha value is -3.20. The van der Waals surface area contributed by atoms with E-state index >= 15 is 0 Å². The van der Waals surface area contributed by atoms with E-state index in [9.17, 15) is 23.2 Å². The highest BCUT2D eigenvalue weighted by Crippen LogP contribution is 2.32. The number of amides is 3. The van der Waals surface area contributed by atoms with Gasteiger partial charge in [-0.25, -0.2) is 0 Å². The summed E-state index contributed by atoms with van der Waals surface area (Å²) in [5.74, 6) is -0.755. The molecule has 156 valence electrons. The zero-order valence-corrected chi connectivity index (χ0v) is 16.7. The fourth-order valence-corrected chi connectivity index (χ4v) is 3.62. The third kappa shape index (κ3) is 5.44. The Bertz CT molecular complexity index is 993. The van der Waals surface area contributed by atoms with Crippen molar-refractivity contribution in [1.82, 2.24) is 10.2 Å². The maximum atomic E-state index is 12.5. The number of carbonyl (C=O) groups excluding carboxylic acids is 3. The fourth-order valence-electron chi connectivity index (χ4n) is 2.76. The van der Waals surface area contributed by atoms with E-state index in [0.717, 1.165) is 22.2 Å². The van der Waals surface area contributed by atoms with Gasteiger partial charge in [-0.1, -0.05) is 29.8 Å². The quantitative estimate of drug-likeness (QED) is 0.668. The molecule has 2 aromatic rings. The maximum Gasteiger partial charge on any atom is 0.387 e. The topological polar surface area (TPSA) is 75.7 Å². The zero-order valence-electron chi connectivity index (χ0n) is 15.9. The minimum atomic E-state index is -2.92. The van der Waals surface area contributed by atoms with Gasteiger partial charge in [0.05, 0.1) is 4.91 Å². The molecule has 1 aliphatic rings. The van der Waals surface area contributed by atoms with Gasteiger partial charge in [0.1, 0.15) is 5.75 Å². The lowest BCUT2D eigenvalue weighted by Gasteiger charge is -2.13. The zero-order chi connectivity index (χ0) is 21.7. The molecule has 3 rings (SSSR count). The van der Waals surface area contributed by atoms with Gasteiger partial charge in [0.25, 0.3) is 17.1 Å². The van der Waals surface area contributed by atoms with Gasteiger partial charge in [0, 0.05) is 18.7 Å². The smallest absolute Gasteiger partial charge is 0.387 e. The lowest BCUT2D eigenvalue weighted by molar-refractivity contribution is -0.122. The number of hydrogen-bond donors (Lipinski definition) is 1. The van der Waals surface area contributed by atoms with Crippen LogP contribution in [0.5, 0.6) is 5.75 Å². The number of aryl methyl sites for hydroxylation is 1. The second kappa shape index (κ2) is 9.53. The van der Waals surface area contributed by atoms with E-state index in [2.05, 4.69) is 10.1 Å². The first kappa shape index (κ1) is 21.5. The van der Waals surface area contributed by atoms with Crippen molar-refractivity contribution in [3.63, 3.8) is 0 Å². The summed E-state index contributed by atoms with van der Waals surface area (Å²) >= 11 is 0.783. The second-order valence-electron chi connectivity index (χ2n) is 6.41. The highest BCUT2D eigenvalue weighted by molar-refractivity contribution is 8.18. The van der Waals surface area contributed by atoms with Gasteiger partial charge in [-0.15, -0.1) is 0 Å². The van der Waals surface area contributed by atoms with Gasteiger partial charge in [-0.2, -0.15) is 8.78 Å². The van der Waals surface area contributed by atoms with Crippen LogP contribution < -0.4 is 10.1 Å². The lowest BCUT2D eigenvalue weighted by atomic mass is 10.1. The van der Waals surface area contributed by atoms with Crippen LogP contribution in [0.15, 0.2) is 53.4 Å². The van der Waals surface area contributed by atoms with E-state index in [1.165, 1.54) is 30.3 Å². The molecule has 6 nitrogen and oxygen atoms in total. The summed E-state index contributed by atoms with van der Waals surface area (Å²) in [4.78, 5) is 38.1. The van der Waals surface area contributed by atoms with Crippen molar-refractivity contribution in [1.29, 1.82) is 0 Å². The number of halogens is 2. The van der Waals surface area contributed by atoms with E-state index in [4.69, 9.17) is 0 Å². The molecule has 0 bridgehead atoms. The molecule has 1 fully saturated rings. The Labute approximate surface area is 175 Å². The predicted molar refractivity (Wildman–Crippen MR) is 109 cm³/mol.